The largest absolute Gasteiger partial charge is 0.489 e. The summed E-state index contributed by atoms with van der Waals surface area (Å²) in [5, 5.41) is 10.7. The van der Waals surface area contributed by atoms with Crippen molar-refractivity contribution in [3.05, 3.63) is 81.0 Å². The molecule has 0 spiro atoms. The van der Waals surface area contributed by atoms with Crippen molar-refractivity contribution in [3.8, 4) is 5.75 Å². The van der Waals surface area contributed by atoms with Crippen LogP contribution in [0.15, 0.2) is 54.2 Å². The second-order valence-electron chi connectivity index (χ2n) is 4.79. The highest BCUT2D eigenvalue weighted by Crippen LogP contribution is 2.24. The van der Waals surface area contributed by atoms with E-state index in [4.69, 9.17) is 4.74 Å². The number of nitro groups is 1. The lowest BCUT2D eigenvalue weighted by atomic mass is 10.1. The molecular weight excluding hydrogens is 266 g/mol. The Morgan fingerprint density at radius 2 is 1.90 bits per heavy atom. The fraction of sp³-hybridized carbons (Fsp3) is 0.176. The van der Waals surface area contributed by atoms with Gasteiger partial charge in [0.2, 0.25) is 5.70 Å². The third kappa shape index (κ3) is 3.92. The molecule has 0 N–H and O–H groups in total. The molecule has 0 amide bonds. The van der Waals surface area contributed by atoms with Gasteiger partial charge in [-0.25, -0.2) is 0 Å². The van der Waals surface area contributed by atoms with E-state index in [1.165, 1.54) is 6.92 Å². The first-order chi connectivity index (χ1) is 10.1. The van der Waals surface area contributed by atoms with Crippen LogP contribution in [-0.4, -0.2) is 4.92 Å². The second-order valence-corrected chi connectivity index (χ2v) is 4.79. The van der Waals surface area contributed by atoms with E-state index in [-0.39, 0.29) is 5.70 Å². The smallest absolute Gasteiger partial charge is 0.243 e. The maximum Gasteiger partial charge on any atom is 0.243 e. The second kappa shape index (κ2) is 6.70. The predicted octanol–water partition coefficient (Wildman–Crippen LogP) is 4.21. The van der Waals surface area contributed by atoms with E-state index >= 15 is 0 Å². The fourth-order valence-electron chi connectivity index (χ4n) is 1.96. The summed E-state index contributed by atoms with van der Waals surface area (Å²) in [7, 11) is 0. The van der Waals surface area contributed by atoms with Gasteiger partial charge in [-0.1, -0.05) is 42.5 Å². The Balaban J connectivity index is 2.18. The zero-order valence-corrected chi connectivity index (χ0v) is 12.1. The molecule has 108 valence electrons. The molecule has 0 atom stereocenters. The summed E-state index contributed by atoms with van der Waals surface area (Å²) in [6.45, 7) is 3.86. The molecule has 0 saturated carbocycles. The SMILES string of the molecule is C/C(=C\c1cccc(OCc2ccccc2)c1C)[N+](=O)[O-]. The Hall–Kier alpha value is -2.62. The maximum absolute atomic E-state index is 10.7. The third-order valence-electron chi connectivity index (χ3n) is 3.22. The molecule has 2 rings (SSSR count). The number of hydrogen-bond donors (Lipinski definition) is 0. The molecule has 4 nitrogen and oxygen atoms in total. The van der Waals surface area contributed by atoms with Gasteiger partial charge in [0.15, 0.2) is 0 Å². The van der Waals surface area contributed by atoms with E-state index < -0.39 is 4.92 Å². The summed E-state index contributed by atoms with van der Waals surface area (Å²) in [6, 6.07) is 15.4. The zero-order valence-electron chi connectivity index (χ0n) is 12.1. The summed E-state index contributed by atoms with van der Waals surface area (Å²) in [6.07, 6.45) is 1.56. The van der Waals surface area contributed by atoms with Gasteiger partial charge in [-0.15, -0.1) is 0 Å². The van der Waals surface area contributed by atoms with Crippen LogP contribution in [0.5, 0.6) is 5.75 Å². The Labute approximate surface area is 123 Å². The number of hydrogen-bond acceptors (Lipinski definition) is 3. The molecule has 4 heteroatoms. The molecule has 0 aliphatic heterocycles. The van der Waals surface area contributed by atoms with Crippen LogP contribution in [0.1, 0.15) is 23.6 Å². The van der Waals surface area contributed by atoms with Gasteiger partial charge in [0.25, 0.3) is 0 Å². The van der Waals surface area contributed by atoms with E-state index in [1.54, 1.807) is 6.08 Å². The molecule has 0 heterocycles. The van der Waals surface area contributed by atoms with Gasteiger partial charge in [0.1, 0.15) is 12.4 Å². The average molecular weight is 283 g/mol. The van der Waals surface area contributed by atoms with Crippen LogP contribution in [-0.2, 0) is 6.61 Å². The van der Waals surface area contributed by atoms with Crippen molar-refractivity contribution in [1.82, 2.24) is 0 Å². The molecular formula is C17H17NO3. The molecule has 2 aromatic carbocycles. The normalized spacial score (nSPS) is 11.2. The number of benzene rings is 2. The summed E-state index contributed by atoms with van der Waals surface area (Å²) in [4.78, 5) is 10.3. The highest BCUT2D eigenvalue weighted by Gasteiger charge is 2.07. The Morgan fingerprint density at radius 1 is 1.19 bits per heavy atom. The Bertz CT molecular complexity index is 663. The van der Waals surface area contributed by atoms with Gasteiger partial charge < -0.3 is 4.74 Å². The minimum Gasteiger partial charge on any atom is -0.489 e. The molecule has 0 fully saturated rings. The van der Waals surface area contributed by atoms with Crippen molar-refractivity contribution in [2.24, 2.45) is 0 Å². The third-order valence-corrected chi connectivity index (χ3v) is 3.22. The maximum atomic E-state index is 10.7. The Morgan fingerprint density at radius 3 is 2.57 bits per heavy atom. The quantitative estimate of drug-likeness (QED) is 0.610. The van der Waals surface area contributed by atoms with E-state index in [0.717, 1.165) is 22.4 Å². The predicted molar refractivity (Wildman–Crippen MR) is 82.6 cm³/mol. The molecule has 21 heavy (non-hydrogen) atoms. The highest BCUT2D eigenvalue weighted by atomic mass is 16.6. The van der Waals surface area contributed by atoms with Crippen LogP contribution in [0.4, 0.5) is 0 Å². The number of rotatable bonds is 5. The summed E-state index contributed by atoms with van der Waals surface area (Å²) < 4.78 is 5.81. The van der Waals surface area contributed by atoms with E-state index in [1.807, 2.05) is 55.5 Å². The monoisotopic (exact) mass is 283 g/mol. The van der Waals surface area contributed by atoms with Gasteiger partial charge in [0, 0.05) is 13.0 Å². The average Bonchev–Trinajstić information content (AvgIpc) is 2.49. The molecule has 0 aliphatic rings. The van der Waals surface area contributed by atoms with Crippen molar-refractivity contribution in [2.75, 3.05) is 0 Å². The fourth-order valence-corrected chi connectivity index (χ4v) is 1.96. The van der Waals surface area contributed by atoms with Crippen molar-refractivity contribution in [2.45, 2.75) is 20.5 Å². The van der Waals surface area contributed by atoms with Crippen LogP contribution >= 0.6 is 0 Å². The first-order valence-corrected chi connectivity index (χ1v) is 6.67. The van der Waals surface area contributed by atoms with Gasteiger partial charge in [0.05, 0.1) is 4.92 Å². The van der Waals surface area contributed by atoms with Gasteiger partial charge in [-0.3, -0.25) is 10.1 Å². The molecule has 2 aromatic rings. The van der Waals surface area contributed by atoms with Gasteiger partial charge in [-0.05, 0) is 29.7 Å². The molecule has 0 unspecified atom stereocenters. The van der Waals surface area contributed by atoms with E-state index in [9.17, 15) is 10.1 Å². The lowest BCUT2D eigenvalue weighted by Crippen LogP contribution is -1.98. The summed E-state index contributed by atoms with van der Waals surface area (Å²) >= 11 is 0. The zero-order chi connectivity index (χ0) is 15.2. The Kier molecular flexibility index (Phi) is 4.72. The molecule has 0 aromatic heterocycles. The lowest BCUT2D eigenvalue weighted by molar-refractivity contribution is -0.422. The van der Waals surface area contributed by atoms with Crippen LogP contribution < -0.4 is 4.74 Å². The standard InChI is InChI=1S/C17H17NO3/c1-13(18(19)20)11-16-9-6-10-17(14(16)2)21-12-15-7-4-3-5-8-15/h3-11H,12H2,1-2H3/b13-11+. The van der Waals surface area contributed by atoms with Crippen molar-refractivity contribution in [1.29, 1.82) is 0 Å². The minimum atomic E-state index is -0.392. The number of nitrogens with zero attached hydrogens (tertiary/aromatic N) is 1. The first-order valence-electron chi connectivity index (χ1n) is 6.67. The van der Waals surface area contributed by atoms with Crippen molar-refractivity contribution in [3.63, 3.8) is 0 Å². The van der Waals surface area contributed by atoms with E-state index in [0.29, 0.717) is 6.61 Å². The van der Waals surface area contributed by atoms with Crippen LogP contribution in [0.2, 0.25) is 0 Å². The number of ether oxygens (including phenoxy) is 1. The highest BCUT2D eigenvalue weighted by molar-refractivity contribution is 5.58. The topological polar surface area (TPSA) is 52.4 Å². The van der Waals surface area contributed by atoms with Gasteiger partial charge in [-0.2, -0.15) is 0 Å². The lowest BCUT2D eigenvalue weighted by Gasteiger charge is -2.11. The van der Waals surface area contributed by atoms with Crippen molar-refractivity contribution < 1.29 is 9.66 Å². The molecule has 0 bridgehead atoms. The van der Waals surface area contributed by atoms with Crippen LogP contribution in [0.3, 0.4) is 0 Å². The molecule has 0 saturated heterocycles. The van der Waals surface area contributed by atoms with E-state index in [2.05, 4.69) is 0 Å². The number of allylic oxidation sites excluding steroid dienone is 1. The van der Waals surface area contributed by atoms with Gasteiger partial charge >= 0.3 is 0 Å². The summed E-state index contributed by atoms with van der Waals surface area (Å²) in [5.74, 6) is 0.740. The van der Waals surface area contributed by atoms with Crippen LogP contribution in [0, 0.1) is 17.0 Å². The first kappa shape index (κ1) is 14.8. The van der Waals surface area contributed by atoms with Crippen molar-refractivity contribution >= 4 is 6.08 Å². The molecule has 0 aliphatic carbocycles. The molecule has 0 radical (unpaired) electrons. The summed E-state index contributed by atoms with van der Waals surface area (Å²) in [5.41, 5.74) is 2.89. The minimum absolute atomic E-state index is 0.110. The van der Waals surface area contributed by atoms with Crippen LogP contribution in [0.25, 0.3) is 6.08 Å².